The van der Waals surface area contributed by atoms with Gasteiger partial charge in [0.15, 0.2) is 5.82 Å². The third-order valence-corrected chi connectivity index (χ3v) is 10.4. The number of carbonyl (C=O) groups is 1. The number of piperazine rings is 1. The zero-order valence-corrected chi connectivity index (χ0v) is 28.5. The summed E-state index contributed by atoms with van der Waals surface area (Å²) in [6.07, 6.45) is 4.17. The predicted octanol–water partition coefficient (Wildman–Crippen LogP) is 6.20. The van der Waals surface area contributed by atoms with Gasteiger partial charge in [-0.05, 0) is 68.5 Å². The molecule has 3 aliphatic rings. The standard InChI is InChI=1S/C38H40F3N5O4/c1-6-29(48)43-18-24-19-45(23-11-14-50-15-12-23)37-36(44(24)17-22(43)5)25-16-27(40)31(30-26(39)8-7-9-28(30)47)32(41)35(25)46(38(37)49)34-21(4)10-13-42-33(34)20(2)3/h6-10,13,16,20,22-24,47H,1,11-12,14-15,17-19H2,2-5H3. The predicted molar refractivity (Wildman–Crippen MR) is 187 cm³/mol. The molecule has 2 fully saturated rings. The Labute approximate surface area is 288 Å². The largest absolute Gasteiger partial charge is 0.507 e. The smallest absolute Gasteiger partial charge is 0.281 e. The molecule has 3 aliphatic heterocycles. The minimum Gasteiger partial charge on any atom is -0.507 e. The Hall–Kier alpha value is -4.84. The number of pyridine rings is 2. The summed E-state index contributed by atoms with van der Waals surface area (Å²) < 4.78 is 56.3. The first-order valence-corrected chi connectivity index (χ1v) is 17.0. The molecule has 2 atom stereocenters. The van der Waals surface area contributed by atoms with Crippen molar-refractivity contribution >= 4 is 28.2 Å². The van der Waals surface area contributed by atoms with Crippen LogP contribution >= 0.6 is 0 Å². The minimum absolute atomic E-state index is 0.115. The number of anilines is 2. The average Bonchev–Trinajstić information content (AvgIpc) is 3.09. The summed E-state index contributed by atoms with van der Waals surface area (Å²) >= 11 is 0. The van der Waals surface area contributed by atoms with E-state index < -0.39 is 39.9 Å². The van der Waals surface area contributed by atoms with Gasteiger partial charge in [-0.15, -0.1) is 0 Å². The molecule has 2 aromatic heterocycles. The number of hydrogen-bond donors (Lipinski definition) is 1. The maximum Gasteiger partial charge on any atom is 0.281 e. The lowest BCUT2D eigenvalue weighted by Gasteiger charge is -2.53. The quantitative estimate of drug-likeness (QED) is 0.250. The van der Waals surface area contributed by atoms with Gasteiger partial charge >= 0.3 is 0 Å². The summed E-state index contributed by atoms with van der Waals surface area (Å²) in [6.45, 7) is 13.2. The van der Waals surface area contributed by atoms with Crippen LogP contribution in [0.15, 0.2) is 54.0 Å². The lowest BCUT2D eigenvalue weighted by atomic mass is 9.93. The average molecular weight is 688 g/mol. The van der Waals surface area contributed by atoms with E-state index in [0.29, 0.717) is 74.0 Å². The van der Waals surface area contributed by atoms with Crippen molar-refractivity contribution in [2.45, 2.75) is 64.6 Å². The summed E-state index contributed by atoms with van der Waals surface area (Å²) in [7, 11) is 0. The fraction of sp³-hybridized carbons (Fsp3) is 0.395. The molecule has 2 unspecified atom stereocenters. The molecule has 0 radical (unpaired) electrons. The van der Waals surface area contributed by atoms with Gasteiger partial charge in [0.2, 0.25) is 5.91 Å². The van der Waals surface area contributed by atoms with E-state index in [0.717, 1.165) is 18.2 Å². The Morgan fingerprint density at radius 2 is 1.72 bits per heavy atom. The zero-order valence-electron chi connectivity index (χ0n) is 28.5. The number of hydrogen-bond acceptors (Lipinski definition) is 7. The number of amides is 1. The molecule has 2 saturated heterocycles. The zero-order chi connectivity index (χ0) is 35.6. The fourth-order valence-electron chi connectivity index (χ4n) is 8.02. The molecular weight excluding hydrogens is 647 g/mol. The maximum atomic E-state index is 17.5. The van der Waals surface area contributed by atoms with Crippen LogP contribution in [0.5, 0.6) is 5.75 Å². The Morgan fingerprint density at radius 3 is 2.40 bits per heavy atom. The number of aromatic nitrogens is 2. The van der Waals surface area contributed by atoms with E-state index in [9.17, 15) is 9.90 Å². The number of phenolic OH excluding ortho intramolecular Hbond substituents is 1. The number of fused-ring (bicyclic) bond motifs is 5. The topological polar surface area (TPSA) is 91.1 Å². The number of rotatable bonds is 5. The minimum atomic E-state index is -1.19. The van der Waals surface area contributed by atoms with Crippen molar-refractivity contribution in [3.05, 3.63) is 88.2 Å². The van der Waals surface area contributed by atoms with Crippen LogP contribution in [0.1, 0.15) is 50.8 Å². The molecule has 4 aromatic rings. The number of carbonyl (C=O) groups excluding carboxylic acids is 1. The van der Waals surface area contributed by atoms with Gasteiger partial charge in [-0.3, -0.25) is 19.1 Å². The van der Waals surface area contributed by atoms with Crippen molar-refractivity contribution in [2.75, 3.05) is 42.6 Å². The SMILES string of the molecule is C=CC(=O)N1CC2CN(C3CCOCC3)c3c(c4cc(F)c(-c5c(O)cccc5F)c(F)c4n(-c4c(C)ccnc4C(C)C)c3=O)N2CC1C. The number of aryl methyl sites for hydroxylation is 1. The summed E-state index contributed by atoms with van der Waals surface area (Å²) in [5, 5.41) is 10.8. The number of ether oxygens (including phenoxy) is 1. The lowest BCUT2D eigenvalue weighted by Crippen LogP contribution is -2.65. The van der Waals surface area contributed by atoms with Crippen LogP contribution in [0, 0.1) is 24.4 Å². The highest BCUT2D eigenvalue weighted by Crippen LogP contribution is 2.47. The first-order chi connectivity index (χ1) is 23.9. The van der Waals surface area contributed by atoms with E-state index in [1.807, 2.05) is 30.6 Å². The van der Waals surface area contributed by atoms with Gasteiger partial charge in [-0.2, -0.15) is 0 Å². The lowest BCUT2D eigenvalue weighted by molar-refractivity contribution is -0.128. The molecular formula is C38H40F3N5O4. The van der Waals surface area contributed by atoms with Crippen LogP contribution in [0.4, 0.5) is 24.5 Å². The van der Waals surface area contributed by atoms with Crippen LogP contribution < -0.4 is 15.4 Å². The molecule has 0 bridgehead atoms. The van der Waals surface area contributed by atoms with Gasteiger partial charge in [0.05, 0.1) is 39.8 Å². The molecule has 2 aromatic carbocycles. The summed E-state index contributed by atoms with van der Waals surface area (Å²) in [5.74, 6) is -4.35. The molecule has 7 rings (SSSR count). The Kier molecular flexibility index (Phi) is 8.62. The third kappa shape index (κ3) is 5.23. The number of aromatic hydroxyl groups is 1. The van der Waals surface area contributed by atoms with Crippen LogP contribution in [-0.2, 0) is 9.53 Å². The molecule has 0 saturated carbocycles. The van der Waals surface area contributed by atoms with E-state index in [4.69, 9.17) is 4.74 Å². The highest BCUT2D eigenvalue weighted by molar-refractivity contribution is 6.03. The van der Waals surface area contributed by atoms with Gasteiger partial charge in [0.1, 0.15) is 23.1 Å². The summed E-state index contributed by atoms with van der Waals surface area (Å²) in [4.78, 5) is 38.7. The Balaban J connectivity index is 1.64. The molecule has 1 N–H and O–H groups in total. The summed E-state index contributed by atoms with van der Waals surface area (Å²) in [6, 6.07) is 5.54. The van der Waals surface area contributed by atoms with Gasteiger partial charge in [-0.1, -0.05) is 26.5 Å². The van der Waals surface area contributed by atoms with Crippen molar-refractivity contribution in [3.8, 4) is 22.6 Å². The molecule has 50 heavy (non-hydrogen) atoms. The number of nitrogens with zero attached hydrogens (tertiary/aromatic N) is 5. The molecule has 0 aliphatic carbocycles. The molecule has 1 amide bonds. The second kappa shape index (κ2) is 12.8. The highest BCUT2D eigenvalue weighted by Gasteiger charge is 2.44. The van der Waals surface area contributed by atoms with Crippen LogP contribution in [0.3, 0.4) is 0 Å². The fourth-order valence-corrected chi connectivity index (χ4v) is 8.02. The number of phenols is 1. The molecule has 9 nitrogen and oxygen atoms in total. The molecule has 12 heteroatoms. The van der Waals surface area contributed by atoms with E-state index in [-0.39, 0.29) is 40.9 Å². The van der Waals surface area contributed by atoms with Gasteiger partial charge in [0, 0.05) is 56.5 Å². The van der Waals surface area contributed by atoms with E-state index in [2.05, 4.69) is 11.6 Å². The Bertz CT molecular complexity index is 2070. The van der Waals surface area contributed by atoms with E-state index >= 15 is 18.0 Å². The van der Waals surface area contributed by atoms with E-state index in [1.165, 1.54) is 16.7 Å². The molecule has 0 spiro atoms. The monoisotopic (exact) mass is 687 g/mol. The molecule has 262 valence electrons. The van der Waals surface area contributed by atoms with Gasteiger partial charge < -0.3 is 24.5 Å². The van der Waals surface area contributed by atoms with Crippen molar-refractivity contribution in [1.82, 2.24) is 14.5 Å². The van der Waals surface area contributed by atoms with Crippen molar-refractivity contribution in [2.24, 2.45) is 0 Å². The van der Waals surface area contributed by atoms with Crippen LogP contribution in [0.25, 0.3) is 27.7 Å². The third-order valence-electron chi connectivity index (χ3n) is 10.4. The van der Waals surface area contributed by atoms with Crippen molar-refractivity contribution in [1.29, 1.82) is 0 Å². The van der Waals surface area contributed by atoms with Crippen LogP contribution in [0.2, 0.25) is 0 Å². The maximum absolute atomic E-state index is 17.5. The van der Waals surface area contributed by atoms with E-state index in [1.54, 1.807) is 24.1 Å². The first-order valence-electron chi connectivity index (χ1n) is 17.0. The van der Waals surface area contributed by atoms with Gasteiger partial charge in [-0.25, -0.2) is 13.2 Å². The van der Waals surface area contributed by atoms with Gasteiger partial charge in [0.25, 0.3) is 5.56 Å². The van der Waals surface area contributed by atoms with Crippen molar-refractivity contribution < 1.29 is 27.8 Å². The number of benzene rings is 2. The normalized spacial score (nSPS) is 19.6. The second-order valence-electron chi connectivity index (χ2n) is 13.8. The molecule has 5 heterocycles. The first kappa shape index (κ1) is 33.6. The number of halogens is 3. The highest BCUT2D eigenvalue weighted by atomic mass is 19.1. The summed E-state index contributed by atoms with van der Waals surface area (Å²) in [5.41, 5.74) is -0.00891. The second-order valence-corrected chi connectivity index (χ2v) is 13.8. The van der Waals surface area contributed by atoms with Crippen LogP contribution in [-0.4, -0.2) is 76.4 Å². The Morgan fingerprint density at radius 1 is 1.00 bits per heavy atom. The van der Waals surface area contributed by atoms with Crippen molar-refractivity contribution in [3.63, 3.8) is 0 Å².